The summed E-state index contributed by atoms with van der Waals surface area (Å²) in [5, 5.41) is 20.5. The molecule has 17 nitrogen and oxygen atoms in total. The van der Waals surface area contributed by atoms with Gasteiger partial charge < -0.3 is 24.7 Å². The summed E-state index contributed by atoms with van der Waals surface area (Å²) in [4.78, 5) is 30.4. The summed E-state index contributed by atoms with van der Waals surface area (Å²) in [7, 11) is 3.35. The van der Waals surface area contributed by atoms with Crippen molar-refractivity contribution < 1.29 is 18.8 Å². The third-order valence-electron chi connectivity index (χ3n) is 17.9. The summed E-state index contributed by atoms with van der Waals surface area (Å²) in [6.07, 6.45) is 17.5. The zero-order valence-corrected chi connectivity index (χ0v) is 58.6. The van der Waals surface area contributed by atoms with E-state index in [0.29, 0.717) is 11.7 Å². The molecule has 1 saturated carbocycles. The second-order valence-corrected chi connectivity index (χ2v) is 28.6. The van der Waals surface area contributed by atoms with Crippen molar-refractivity contribution >= 4 is 90.1 Å². The maximum Gasteiger partial charge on any atom is 0.494 e. The van der Waals surface area contributed by atoms with E-state index < -0.39 is 0 Å². The van der Waals surface area contributed by atoms with E-state index in [2.05, 4.69) is 156 Å². The number of rotatable bonds is 9. The normalized spacial score (nSPS) is 16.9. The summed E-state index contributed by atoms with van der Waals surface area (Å²) in [6, 6.07) is 42.7. The molecule has 3 N–H and O–H groups in total. The quantitative estimate of drug-likeness (QED) is 0.102. The van der Waals surface area contributed by atoms with Crippen LogP contribution in [-0.2, 0) is 14.0 Å². The van der Waals surface area contributed by atoms with Crippen molar-refractivity contribution in [3.05, 3.63) is 206 Å². The number of ether oxygens (including phenoxy) is 1. The van der Waals surface area contributed by atoms with Gasteiger partial charge in [0.15, 0.2) is 16.9 Å². The van der Waals surface area contributed by atoms with E-state index in [-0.39, 0.29) is 24.3 Å². The Morgan fingerprint density at radius 1 is 0.638 bits per heavy atom. The van der Waals surface area contributed by atoms with Gasteiger partial charge in [-0.3, -0.25) is 5.10 Å². The van der Waals surface area contributed by atoms with Gasteiger partial charge in [-0.15, -0.1) is 11.3 Å². The van der Waals surface area contributed by atoms with Crippen molar-refractivity contribution in [2.45, 2.75) is 98.7 Å². The molecule has 10 heterocycles. The van der Waals surface area contributed by atoms with Crippen LogP contribution in [0.2, 0.25) is 0 Å². The molecule has 0 amide bonds. The zero-order chi connectivity index (χ0) is 66.0. The summed E-state index contributed by atoms with van der Waals surface area (Å²) in [5.41, 5.74) is 24.7. The van der Waals surface area contributed by atoms with Crippen LogP contribution in [0.1, 0.15) is 98.6 Å². The lowest BCUT2D eigenvalue weighted by molar-refractivity contribution is 0.00578. The number of nitrogen functional groups attached to an aromatic ring is 1. The highest BCUT2D eigenvalue weighted by molar-refractivity contribution is 9.10. The van der Waals surface area contributed by atoms with Crippen LogP contribution in [0.4, 0.5) is 5.82 Å². The molecule has 15 rings (SSSR count). The summed E-state index contributed by atoms with van der Waals surface area (Å²) < 4.78 is 25.1. The molecule has 21 heteroatoms. The van der Waals surface area contributed by atoms with E-state index >= 15 is 0 Å². The molecule has 4 aromatic carbocycles. The number of H-pyrrole nitrogens is 1. The molecular formula is C73H76BBr2N13O4S. The van der Waals surface area contributed by atoms with E-state index in [9.17, 15) is 4.79 Å². The van der Waals surface area contributed by atoms with Gasteiger partial charge in [-0.1, -0.05) is 124 Å². The van der Waals surface area contributed by atoms with Gasteiger partial charge in [-0.05, 0) is 161 Å². The lowest BCUT2D eigenvalue weighted by atomic mass is 9.75. The van der Waals surface area contributed by atoms with Crippen molar-refractivity contribution in [3.8, 4) is 55.5 Å². The Bertz CT molecular complexity index is 4670. The predicted molar refractivity (Wildman–Crippen MR) is 384 cm³/mol. The molecule has 2 fully saturated rings. The summed E-state index contributed by atoms with van der Waals surface area (Å²) in [6.45, 7) is 18.6. The first kappa shape index (κ1) is 65.6. The van der Waals surface area contributed by atoms with Gasteiger partial charge in [-0.2, -0.15) is 20.4 Å². The number of nitrogens with two attached hydrogens (primary N) is 1. The second kappa shape index (κ2) is 27.9. The molecule has 94 heavy (non-hydrogen) atoms. The standard InChI is InChI=1S/C32H36N4O2S.C19H22BN3O2.C13H10BrN3.C9H8BrN3/c1-20-5-7-22(8-6-20)27-19-35(3)14-13-25(27)26-15-29(39-31(26)32(37)38-4)24-11-9-23(10-12-24)28-16-30-33-17-21(2)18-36(30)34-28;1-13-11-21-17-10-16(22-23(17)12-13)14-6-8-15(9-7-14)20-24-18(2,3)19(4,5)25-20;1-9-7-15-13-6-12(16-17(13)8-9)10-2-4-11(14)5-3-10;10-7-3-1-6(2-4-7)8-5-9(11)13-12-8/h9-12,15-18,20,22H,5-8,13-14,19H2,1-4H3;6-12H,1-5H3;2-8H,1H3;1-5H,(H3,11,12,13). The SMILES string of the molecule is COC(=O)c1sc(-c2ccc(-c3cc4ncc(C)cn4n3)cc2)cc1C1=C(C2CCC(C)CC2)CN(C)CC1.Cc1cnc2cc(-c3ccc(B4OC(C)(C)C(C)(C)O4)cc3)nn2c1.Cc1cnc2cc(-c3ccc(Br)cc3)nn2c1.Nc1cc(-c2ccc(Br)cc2)[nH]n1. The molecule has 8 aromatic heterocycles. The molecule has 0 spiro atoms. The number of carbonyl (C=O) groups is 1. The highest BCUT2D eigenvalue weighted by Crippen LogP contribution is 2.44. The zero-order valence-electron chi connectivity index (χ0n) is 54.6. The van der Waals surface area contributed by atoms with Crippen LogP contribution >= 0.6 is 43.2 Å². The number of nitrogens with one attached hydrogen (secondary N) is 1. The Morgan fingerprint density at radius 2 is 1.09 bits per heavy atom. The van der Waals surface area contributed by atoms with E-state index in [1.807, 2.05) is 156 Å². The molecule has 1 saturated heterocycles. The molecule has 0 atom stereocenters. The number of fused-ring (bicyclic) bond motifs is 3. The minimum absolute atomic E-state index is 0.242. The number of likely N-dealkylation sites (N-methyl/N-ethyl adjacent to an activating group) is 1. The highest BCUT2D eigenvalue weighted by atomic mass is 79.9. The Morgan fingerprint density at radius 3 is 1.54 bits per heavy atom. The fourth-order valence-corrected chi connectivity index (χ4v) is 13.5. The van der Waals surface area contributed by atoms with Gasteiger partial charge in [-0.25, -0.2) is 33.3 Å². The maximum atomic E-state index is 13.0. The minimum atomic E-state index is -0.343. The molecule has 0 radical (unpaired) electrons. The smallest absolute Gasteiger partial charge is 0.465 e. The number of halogens is 2. The van der Waals surface area contributed by atoms with E-state index in [1.165, 1.54) is 43.9 Å². The second-order valence-electron chi connectivity index (χ2n) is 25.7. The lowest BCUT2D eigenvalue weighted by Gasteiger charge is -2.35. The maximum absolute atomic E-state index is 13.0. The molecular weight excluding hydrogens is 1330 g/mol. The van der Waals surface area contributed by atoms with Crippen LogP contribution in [0.3, 0.4) is 0 Å². The van der Waals surface area contributed by atoms with Crippen molar-refractivity contribution in [1.82, 2.24) is 58.9 Å². The van der Waals surface area contributed by atoms with Gasteiger partial charge in [0.2, 0.25) is 0 Å². The number of aromatic amines is 1. The van der Waals surface area contributed by atoms with Gasteiger partial charge in [0.25, 0.3) is 0 Å². The van der Waals surface area contributed by atoms with Crippen LogP contribution in [-0.4, -0.2) is 110 Å². The third-order valence-corrected chi connectivity index (χ3v) is 20.1. The van der Waals surface area contributed by atoms with Gasteiger partial charge in [0.05, 0.1) is 41.1 Å². The third kappa shape index (κ3) is 14.9. The monoisotopic (exact) mass is 1400 g/mol. The van der Waals surface area contributed by atoms with E-state index in [0.717, 1.165) is 139 Å². The van der Waals surface area contributed by atoms with Gasteiger partial charge in [0, 0.05) is 111 Å². The number of benzene rings is 4. The van der Waals surface area contributed by atoms with Crippen molar-refractivity contribution in [2.75, 3.05) is 33.0 Å². The van der Waals surface area contributed by atoms with Crippen LogP contribution in [0.5, 0.6) is 0 Å². The Balaban J connectivity index is 0.000000131. The van der Waals surface area contributed by atoms with Crippen LogP contribution in [0.15, 0.2) is 179 Å². The topological polar surface area (TPSA) is 193 Å². The number of aromatic nitrogens is 11. The Hall–Kier alpha value is -8.44. The molecule has 0 bridgehead atoms. The van der Waals surface area contributed by atoms with Crippen molar-refractivity contribution in [2.24, 2.45) is 11.8 Å². The highest BCUT2D eigenvalue weighted by Gasteiger charge is 2.51. The van der Waals surface area contributed by atoms with Crippen molar-refractivity contribution in [3.63, 3.8) is 0 Å². The Kier molecular flexibility index (Phi) is 19.5. The van der Waals surface area contributed by atoms with E-state index in [4.69, 9.17) is 24.9 Å². The molecule has 3 aliphatic rings. The van der Waals surface area contributed by atoms with Crippen LogP contribution < -0.4 is 11.2 Å². The number of methoxy groups -OCH3 is 1. The van der Waals surface area contributed by atoms with Gasteiger partial charge >= 0.3 is 13.1 Å². The first-order chi connectivity index (χ1) is 45.1. The number of hydrogen-bond donors (Lipinski definition) is 2. The molecule has 0 unspecified atom stereocenters. The molecule has 1 aliphatic carbocycles. The average molecular weight is 1400 g/mol. The fourth-order valence-electron chi connectivity index (χ4n) is 11.9. The number of aryl methyl sites for hydroxylation is 3. The lowest BCUT2D eigenvalue weighted by Crippen LogP contribution is -2.41. The number of hydrogen-bond acceptors (Lipinski definition) is 14. The fraction of sp³-hybridized carbons (Fsp3) is 0.288. The van der Waals surface area contributed by atoms with E-state index in [1.54, 1.807) is 11.3 Å². The minimum Gasteiger partial charge on any atom is -0.465 e. The van der Waals surface area contributed by atoms with Crippen LogP contribution in [0.25, 0.3) is 78.0 Å². The number of thiophene rings is 1. The van der Waals surface area contributed by atoms with Crippen LogP contribution in [0, 0.1) is 32.6 Å². The predicted octanol–water partition coefficient (Wildman–Crippen LogP) is 16.0. The molecule has 12 aromatic rings. The first-order valence-electron chi connectivity index (χ1n) is 31.6. The van der Waals surface area contributed by atoms with Crippen molar-refractivity contribution in [1.29, 1.82) is 0 Å². The number of anilines is 1. The number of esters is 1. The molecule has 480 valence electrons. The summed E-state index contributed by atoms with van der Waals surface area (Å²) in [5.74, 6) is 1.69. The Labute approximate surface area is 569 Å². The molecule has 2 aliphatic heterocycles. The summed E-state index contributed by atoms with van der Waals surface area (Å²) >= 11 is 8.34. The number of nitrogens with zero attached hydrogens (tertiary/aromatic N) is 11. The number of carbonyl (C=O) groups excluding carboxylic acids is 1. The van der Waals surface area contributed by atoms with Gasteiger partial charge in [0.1, 0.15) is 10.7 Å². The largest absolute Gasteiger partial charge is 0.494 e. The average Bonchev–Trinajstić information content (AvgIpc) is 1.60. The first-order valence-corrected chi connectivity index (χ1v) is 34.0.